The minimum absolute atomic E-state index is 0.138. The fraction of sp³-hybridized carbons (Fsp3) is 0.222. The van der Waals surface area contributed by atoms with E-state index in [1.54, 1.807) is 24.3 Å². The third-order valence-electron chi connectivity index (χ3n) is 4.39. The van der Waals surface area contributed by atoms with Crippen molar-refractivity contribution in [2.45, 2.75) is 17.9 Å². The number of carbonyl (C=O) groups excluding carboxylic acids is 1. The van der Waals surface area contributed by atoms with E-state index in [2.05, 4.69) is 10.3 Å². The van der Waals surface area contributed by atoms with Gasteiger partial charge in [-0.1, -0.05) is 12.1 Å². The number of ether oxygens (including phenoxy) is 1. The number of thiazole rings is 1. The van der Waals surface area contributed by atoms with E-state index in [4.69, 9.17) is 9.15 Å². The van der Waals surface area contributed by atoms with Crippen molar-refractivity contribution in [3.8, 4) is 5.75 Å². The van der Waals surface area contributed by atoms with Gasteiger partial charge < -0.3 is 9.15 Å². The first-order chi connectivity index (χ1) is 13.5. The summed E-state index contributed by atoms with van der Waals surface area (Å²) in [6.07, 6.45) is 3.24. The molecule has 0 saturated heterocycles. The van der Waals surface area contributed by atoms with Crippen molar-refractivity contribution in [3.63, 3.8) is 0 Å². The van der Waals surface area contributed by atoms with E-state index in [1.807, 2.05) is 0 Å². The van der Waals surface area contributed by atoms with Gasteiger partial charge in [-0.25, -0.2) is 13.4 Å². The van der Waals surface area contributed by atoms with Crippen molar-refractivity contribution >= 4 is 32.4 Å². The van der Waals surface area contributed by atoms with Crippen LogP contribution in [0, 0.1) is 0 Å². The number of fused-ring (bicyclic) bond motifs is 1. The molecule has 1 aliphatic rings. The number of hydrogen-bond acceptors (Lipinski definition) is 7. The molecule has 3 heterocycles. The number of rotatable bonds is 5. The molecule has 0 atom stereocenters. The first-order valence-electron chi connectivity index (χ1n) is 8.44. The third-order valence-corrected chi connectivity index (χ3v) is 7.27. The molecule has 0 fully saturated rings. The highest BCUT2D eigenvalue weighted by atomic mass is 32.2. The predicted octanol–water partition coefficient (Wildman–Crippen LogP) is 2.74. The summed E-state index contributed by atoms with van der Waals surface area (Å²) in [6, 6.07) is 8.11. The van der Waals surface area contributed by atoms with Crippen LogP contribution in [0.5, 0.6) is 5.75 Å². The molecule has 0 unspecified atom stereocenters. The first-order valence-corrected chi connectivity index (χ1v) is 10.7. The molecule has 1 N–H and O–H groups in total. The fourth-order valence-electron chi connectivity index (χ4n) is 2.96. The van der Waals surface area contributed by atoms with Crippen molar-refractivity contribution in [3.05, 3.63) is 59.0 Å². The molecule has 2 aromatic heterocycles. The fourth-order valence-corrected chi connectivity index (χ4v) is 5.63. The van der Waals surface area contributed by atoms with Crippen LogP contribution >= 0.6 is 11.3 Å². The number of amides is 1. The topological polar surface area (TPSA) is 102 Å². The molecule has 4 rings (SSSR count). The molecule has 146 valence electrons. The Morgan fingerprint density at radius 2 is 2.14 bits per heavy atom. The molecule has 10 heteroatoms. The normalized spacial score (nSPS) is 14.5. The van der Waals surface area contributed by atoms with Gasteiger partial charge in [-0.2, -0.15) is 4.31 Å². The van der Waals surface area contributed by atoms with Crippen molar-refractivity contribution < 1.29 is 22.4 Å². The standard InChI is InChI=1S/C18H17N3O5S2/c1-25-14-4-2-3-5-16(14)28(23,24)21-8-6-13-15(10-21)27-18(19-13)20-17(22)12-7-9-26-11-12/h2-5,7,9,11H,6,8,10H2,1H3,(H,19,20,22). The molecule has 1 aliphatic heterocycles. The Bertz CT molecular complexity index is 1110. The van der Waals surface area contributed by atoms with Gasteiger partial charge in [0, 0.05) is 17.8 Å². The molecular weight excluding hydrogens is 402 g/mol. The van der Waals surface area contributed by atoms with E-state index in [0.717, 1.165) is 10.6 Å². The van der Waals surface area contributed by atoms with Gasteiger partial charge in [0.15, 0.2) is 5.13 Å². The van der Waals surface area contributed by atoms with Crippen LogP contribution in [-0.4, -0.2) is 37.3 Å². The number of hydrogen-bond donors (Lipinski definition) is 1. The zero-order valence-electron chi connectivity index (χ0n) is 14.9. The van der Waals surface area contributed by atoms with Gasteiger partial charge in [-0.3, -0.25) is 10.1 Å². The van der Waals surface area contributed by atoms with Gasteiger partial charge in [0.2, 0.25) is 10.0 Å². The van der Waals surface area contributed by atoms with Crippen LogP contribution in [0.15, 0.2) is 52.2 Å². The van der Waals surface area contributed by atoms with E-state index in [-0.39, 0.29) is 17.3 Å². The Hall–Kier alpha value is -2.69. The Kier molecular flexibility index (Phi) is 4.92. The Morgan fingerprint density at radius 1 is 1.32 bits per heavy atom. The minimum atomic E-state index is -3.71. The quantitative estimate of drug-likeness (QED) is 0.682. The van der Waals surface area contributed by atoms with Crippen molar-refractivity contribution in [1.29, 1.82) is 0 Å². The number of aromatic nitrogens is 1. The van der Waals surface area contributed by atoms with Crippen LogP contribution in [0.4, 0.5) is 5.13 Å². The number of sulfonamides is 1. The molecule has 1 aromatic carbocycles. The first kappa shape index (κ1) is 18.7. The molecule has 0 radical (unpaired) electrons. The molecule has 3 aromatic rings. The van der Waals surface area contributed by atoms with Crippen LogP contribution in [-0.2, 0) is 23.0 Å². The SMILES string of the molecule is COc1ccccc1S(=O)(=O)N1CCc2nc(NC(=O)c3ccoc3)sc2C1. The van der Waals surface area contributed by atoms with Crippen molar-refractivity contribution in [2.24, 2.45) is 0 Å². The smallest absolute Gasteiger partial charge is 0.260 e. The van der Waals surface area contributed by atoms with E-state index < -0.39 is 10.0 Å². The molecule has 0 bridgehead atoms. The van der Waals surface area contributed by atoms with Crippen LogP contribution in [0.3, 0.4) is 0 Å². The van der Waals surface area contributed by atoms with E-state index >= 15 is 0 Å². The Labute approximate surface area is 165 Å². The number of methoxy groups -OCH3 is 1. The summed E-state index contributed by atoms with van der Waals surface area (Å²) in [4.78, 5) is 17.5. The highest BCUT2D eigenvalue weighted by molar-refractivity contribution is 7.89. The van der Waals surface area contributed by atoms with E-state index in [1.165, 1.54) is 41.3 Å². The lowest BCUT2D eigenvalue weighted by Gasteiger charge is -2.26. The third kappa shape index (κ3) is 3.41. The van der Waals surface area contributed by atoms with Crippen LogP contribution < -0.4 is 10.1 Å². The number of para-hydroxylation sites is 1. The molecule has 0 saturated carbocycles. The van der Waals surface area contributed by atoms with Crippen LogP contribution in [0.25, 0.3) is 0 Å². The summed E-state index contributed by atoms with van der Waals surface area (Å²) in [5.41, 5.74) is 1.20. The average molecular weight is 419 g/mol. The van der Waals surface area contributed by atoms with Crippen molar-refractivity contribution in [2.75, 3.05) is 19.0 Å². The number of benzene rings is 1. The lowest BCUT2D eigenvalue weighted by atomic mass is 10.2. The zero-order valence-corrected chi connectivity index (χ0v) is 16.5. The number of anilines is 1. The van der Waals surface area contributed by atoms with Gasteiger partial charge in [-0.05, 0) is 18.2 Å². The van der Waals surface area contributed by atoms with Gasteiger partial charge in [-0.15, -0.1) is 11.3 Å². The molecule has 0 spiro atoms. The maximum Gasteiger partial charge on any atom is 0.260 e. The predicted molar refractivity (Wildman–Crippen MR) is 103 cm³/mol. The van der Waals surface area contributed by atoms with Crippen molar-refractivity contribution in [1.82, 2.24) is 9.29 Å². The summed E-state index contributed by atoms with van der Waals surface area (Å²) in [5.74, 6) is -0.0102. The second kappa shape index (κ2) is 7.38. The molecule has 0 aliphatic carbocycles. The minimum Gasteiger partial charge on any atom is -0.495 e. The monoisotopic (exact) mass is 419 g/mol. The number of nitrogens with zero attached hydrogens (tertiary/aromatic N) is 2. The molecule has 28 heavy (non-hydrogen) atoms. The van der Waals surface area contributed by atoms with Crippen LogP contribution in [0.2, 0.25) is 0 Å². The molecule has 8 nitrogen and oxygen atoms in total. The van der Waals surface area contributed by atoms with E-state index in [9.17, 15) is 13.2 Å². The summed E-state index contributed by atoms with van der Waals surface area (Å²) in [6.45, 7) is 0.515. The number of furan rings is 1. The van der Waals surface area contributed by atoms with Gasteiger partial charge in [0.1, 0.15) is 16.9 Å². The lowest BCUT2D eigenvalue weighted by molar-refractivity contribution is 0.102. The van der Waals surface area contributed by atoms with E-state index in [0.29, 0.717) is 29.4 Å². The van der Waals surface area contributed by atoms with Gasteiger partial charge in [0.25, 0.3) is 5.91 Å². The largest absolute Gasteiger partial charge is 0.495 e. The Balaban J connectivity index is 1.55. The summed E-state index contributed by atoms with van der Waals surface area (Å²) >= 11 is 1.27. The highest BCUT2D eigenvalue weighted by Crippen LogP contribution is 2.33. The summed E-state index contributed by atoms with van der Waals surface area (Å²) < 4.78 is 37.7. The summed E-state index contributed by atoms with van der Waals surface area (Å²) in [7, 11) is -2.26. The zero-order chi connectivity index (χ0) is 19.7. The second-order valence-electron chi connectivity index (χ2n) is 6.09. The average Bonchev–Trinajstić information content (AvgIpc) is 3.36. The molecule has 1 amide bonds. The molecular formula is C18H17N3O5S2. The van der Waals surface area contributed by atoms with Crippen LogP contribution in [0.1, 0.15) is 20.9 Å². The maximum atomic E-state index is 13.1. The summed E-state index contributed by atoms with van der Waals surface area (Å²) in [5, 5.41) is 3.16. The second-order valence-corrected chi connectivity index (χ2v) is 9.08. The number of carbonyl (C=O) groups is 1. The van der Waals surface area contributed by atoms with Gasteiger partial charge in [0.05, 0.1) is 31.2 Å². The Morgan fingerprint density at radius 3 is 2.89 bits per heavy atom. The number of nitrogens with one attached hydrogen (secondary N) is 1. The maximum absolute atomic E-state index is 13.1. The van der Waals surface area contributed by atoms with Gasteiger partial charge >= 0.3 is 0 Å². The highest BCUT2D eigenvalue weighted by Gasteiger charge is 2.32. The lowest BCUT2D eigenvalue weighted by Crippen LogP contribution is -2.35.